The van der Waals surface area contributed by atoms with Gasteiger partial charge in [-0.05, 0) is 37.1 Å². The van der Waals surface area contributed by atoms with E-state index in [1.165, 1.54) is 26.0 Å². The Morgan fingerprint density at radius 2 is 1.10 bits per heavy atom. The van der Waals surface area contributed by atoms with Crippen molar-refractivity contribution >= 4 is 35.4 Å². The van der Waals surface area contributed by atoms with Crippen molar-refractivity contribution in [1.82, 2.24) is 31.9 Å². The van der Waals surface area contributed by atoms with Gasteiger partial charge in [0.15, 0.2) is 0 Å². The molecule has 0 aliphatic carbocycles. The number of benzene rings is 2. The van der Waals surface area contributed by atoms with Crippen LogP contribution in [0.1, 0.15) is 25.0 Å². The van der Waals surface area contributed by atoms with Crippen LogP contribution in [0.25, 0.3) is 0 Å². The van der Waals surface area contributed by atoms with E-state index < -0.39 is 72.7 Å². The van der Waals surface area contributed by atoms with Crippen LogP contribution >= 0.6 is 0 Å². The zero-order valence-electron chi connectivity index (χ0n) is 22.7. The first kappa shape index (κ1) is 30.6. The summed E-state index contributed by atoms with van der Waals surface area (Å²) in [5.74, 6) is -3.91. The molecule has 0 bridgehead atoms. The van der Waals surface area contributed by atoms with Crippen LogP contribution in [0.3, 0.4) is 0 Å². The fraction of sp³-hybridized carbons (Fsp3) is 0.357. The van der Waals surface area contributed by atoms with E-state index in [4.69, 9.17) is 0 Å². The summed E-state index contributed by atoms with van der Waals surface area (Å²) in [5, 5.41) is 24.6. The van der Waals surface area contributed by atoms with Crippen molar-refractivity contribution in [3.8, 4) is 5.75 Å². The minimum absolute atomic E-state index is 0.0195. The smallest absolute Gasteiger partial charge is 0.243 e. The first-order valence-corrected chi connectivity index (χ1v) is 13.1. The topological polar surface area (TPSA) is 195 Å². The van der Waals surface area contributed by atoms with Crippen molar-refractivity contribution in [3.63, 3.8) is 0 Å². The SMILES string of the molecule is C[C@@H]1NC(=O)CNC(=O)[C@@H](Cc2ccccc2)NC(=O)[C@H](C)NC(=O)[C@H](Cc2ccc(O)cc2)NC(=O)CNC1=O. The van der Waals surface area contributed by atoms with E-state index >= 15 is 0 Å². The van der Waals surface area contributed by atoms with E-state index in [0.717, 1.165) is 5.56 Å². The maximum atomic E-state index is 13.2. The number of phenols is 1. The van der Waals surface area contributed by atoms with Crippen LogP contribution in [-0.2, 0) is 41.6 Å². The number of aromatic hydroxyl groups is 1. The molecule has 1 saturated heterocycles. The van der Waals surface area contributed by atoms with Crippen molar-refractivity contribution in [1.29, 1.82) is 0 Å². The number of hydrogen-bond donors (Lipinski definition) is 7. The van der Waals surface area contributed by atoms with Crippen molar-refractivity contribution in [3.05, 3.63) is 65.7 Å². The molecule has 0 spiro atoms. The summed E-state index contributed by atoms with van der Waals surface area (Å²) in [7, 11) is 0. The molecule has 3 rings (SSSR count). The fourth-order valence-electron chi connectivity index (χ4n) is 4.03. The largest absolute Gasteiger partial charge is 0.508 e. The third-order valence-electron chi connectivity index (χ3n) is 6.31. The van der Waals surface area contributed by atoms with Gasteiger partial charge in [-0.15, -0.1) is 0 Å². The van der Waals surface area contributed by atoms with E-state index in [0.29, 0.717) is 5.56 Å². The molecule has 13 heteroatoms. The molecule has 2 aromatic carbocycles. The normalized spacial score (nSPS) is 23.5. The number of carbonyl (C=O) groups is 6. The van der Waals surface area contributed by atoms with Gasteiger partial charge in [-0.2, -0.15) is 0 Å². The summed E-state index contributed by atoms with van der Waals surface area (Å²) >= 11 is 0. The van der Waals surface area contributed by atoms with Crippen molar-refractivity contribution in [2.75, 3.05) is 13.1 Å². The van der Waals surface area contributed by atoms with E-state index in [-0.39, 0.29) is 18.6 Å². The highest BCUT2D eigenvalue weighted by Gasteiger charge is 2.29. The van der Waals surface area contributed by atoms with Crippen LogP contribution in [-0.4, -0.2) is 77.8 Å². The van der Waals surface area contributed by atoms with Gasteiger partial charge in [-0.3, -0.25) is 28.8 Å². The van der Waals surface area contributed by atoms with Gasteiger partial charge in [0.2, 0.25) is 35.4 Å². The molecule has 218 valence electrons. The highest BCUT2D eigenvalue weighted by Crippen LogP contribution is 2.12. The number of rotatable bonds is 4. The summed E-state index contributed by atoms with van der Waals surface area (Å²) < 4.78 is 0. The summed E-state index contributed by atoms with van der Waals surface area (Å²) in [6.07, 6.45) is 0.130. The van der Waals surface area contributed by atoms with Crippen LogP contribution < -0.4 is 31.9 Å². The molecule has 2 aromatic rings. The lowest BCUT2D eigenvalue weighted by molar-refractivity contribution is -0.134. The summed E-state index contributed by atoms with van der Waals surface area (Å²) in [6.45, 7) is 1.90. The Balaban J connectivity index is 1.84. The van der Waals surface area contributed by atoms with E-state index in [1.807, 2.05) is 0 Å². The third-order valence-corrected chi connectivity index (χ3v) is 6.31. The standard InChI is InChI=1S/C28H34N6O7/c1-16-25(38)29-15-24(37)33-22(13-19-8-10-20(35)11-9-19)28(41)32-17(2)26(39)34-21(12-18-6-4-3-5-7-18)27(40)30-14-23(36)31-16/h3-11,16-17,21-22,35H,12-15H2,1-2H3,(H,29,38)(H,30,40)(H,31,36)(H,32,41)(H,33,37)(H,34,39)/t16-,17-,21+,22-/m0/s1. The molecule has 1 aliphatic heterocycles. The summed E-state index contributed by atoms with van der Waals surface area (Å²) in [6, 6.07) is 10.6. The monoisotopic (exact) mass is 566 g/mol. The predicted molar refractivity (Wildman–Crippen MR) is 147 cm³/mol. The average Bonchev–Trinajstić information content (AvgIpc) is 2.94. The molecule has 0 unspecified atom stereocenters. The predicted octanol–water partition coefficient (Wildman–Crippen LogP) is -1.60. The molecular weight excluding hydrogens is 532 g/mol. The number of phenolic OH excluding ortho intramolecular Hbond substituents is 1. The zero-order valence-corrected chi connectivity index (χ0v) is 22.7. The summed E-state index contributed by atoms with van der Waals surface area (Å²) in [5.41, 5.74) is 1.36. The Bertz CT molecular complexity index is 1270. The lowest BCUT2D eigenvalue weighted by atomic mass is 10.0. The fourth-order valence-corrected chi connectivity index (χ4v) is 4.03. The van der Waals surface area contributed by atoms with Crippen molar-refractivity contribution in [2.24, 2.45) is 0 Å². The van der Waals surface area contributed by atoms with Crippen LogP contribution in [0.5, 0.6) is 5.75 Å². The van der Waals surface area contributed by atoms with Gasteiger partial charge < -0.3 is 37.0 Å². The highest BCUT2D eigenvalue weighted by atomic mass is 16.3. The molecule has 1 heterocycles. The molecule has 0 radical (unpaired) electrons. The molecule has 1 fully saturated rings. The number of amides is 6. The van der Waals surface area contributed by atoms with E-state index in [2.05, 4.69) is 31.9 Å². The Hall–Kier alpha value is -4.94. The molecule has 0 saturated carbocycles. The van der Waals surface area contributed by atoms with Gasteiger partial charge in [-0.1, -0.05) is 42.5 Å². The molecular formula is C28H34N6O7. The van der Waals surface area contributed by atoms with Gasteiger partial charge >= 0.3 is 0 Å². The number of carbonyl (C=O) groups excluding carboxylic acids is 6. The van der Waals surface area contributed by atoms with Crippen LogP contribution in [0.15, 0.2) is 54.6 Å². The lowest BCUT2D eigenvalue weighted by Crippen LogP contribution is -2.58. The number of nitrogens with one attached hydrogen (secondary N) is 6. The molecule has 7 N–H and O–H groups in total. The van der Waals surface area contributed by atoms with Gasteiger partial charge in [0.05, 0.1) is 13.1 Å². The van der Waals surface area contributed by atoms with E-state index in [1.54, 1.807) is 42.5 Å². The Kier molecular flexibility index (Phi) is 10.8. The molecule has 6 amide bonds. The van der Waals surface area contributed by atoms with Crippen LogP contribution in [0.4, 0.5) is 0 Å². The Morgan fingerprint density at radius 1 is 0.585 bits per heavy atom. The summed E-state index contributed by atoms with van der Waals surface area (Å²) in [4.78, 5) is 76.7. The van der Waals surface area contributed by atoms with Gasteiger partial charge in [0.1, 0.15) is 29.9 Å². The highest BCUT2D eigenvalue weighted by molar-refractivity contribution is 5.96. The van der Waals surface area contributed by atoms with Crippen LogP contribution in [0, 0.1) is 0 Å². The maximum absolute atomic E-state index is 13.2. The van der Waals surface area contributed by atoms with Crippen molar-refractivity contribution < 1.29 is 33.9 Å². The van der Waals surface area contributed by atoms with Gasteiger partial charge in [0.25, 0.3) is 0 Å². The van der Waals surface area contributed by atoms with Crippen molar-refractivity contribution in [2.45, 2.75) is 50.9 Å². The molecule has 13 nitrogen and oxygen atoms in total. The van der Waals surface area contributed by atoms with Gasteiger partial charge in [-0.25, -0.2) is 0 Å². The Labute approximate surface area is 236 Å². The Morgan fingerprint density at radius 3 is 1.73 bits per heavy atom. The minimum atomic E-state index is -1.14. The van der Waals surface area contributed by atoms with E-state index in [9.17, 15) is 33.9 Å². The second-order valence-corrected chi connectivity index (χ2v) is 9.70. The third kappa shape index (κ3) is 9.64. The van der Waals surface area contributed by atoms with Gasteiger partial charge in [0, 0.05) is 12.8 Å². The maximum Gasteiger partial charge on any atom is 0.243 e. The first-order chi connectivity index (χ1) is 19.5. The quantitative estimate of drug-likeness (QED) is 0.231. The van der Waals surface area contributed by atoms with Crippen LogP contribution in [0.2, 0.25) is 0 Å². The molecule has 1 aliphatic rings. The lowest BCUT2D eigenvalue weighted by Gasteiger charge is -2.24. The second kappa shape index (κ2) is 14.4. The first-order valence-electron chi connectivity index (χ1n) is 13.1. The zero-order chi connectivity index (χ0) is 29.9. The number of hydrogen-bond acceptors (Lipinski definition) is 7. The molecule has 41 heavy (non-hydrogen) atoms. The molecule has 0 aromatic heterocycles. The minimum Gasteiger partial charge on any atom is -0.508 e. The second-order valence-electron chi connectivity index (χ2n) is 9.70. The average molecular weight is 567 g/mol. The molecule has 4 atom stereocenters.